The van der Waals surface area contributed by atoms with Crippen LogP contribution in [-0.4, -0.2) is 18.3 Å². The van der Waals surface area contributed by atoms with Gasteiger partial charge in [0.15, 0.2) is 11.5 Å². The van der Waals surface area contributed by atoms with E-state index in [4.69, 9.17) is 9.47 Å². The maximum Gasteiger partial charge on any atom is 0.161 e. The van der Waals surface area contributed by atoms with Crippen LogP contribution in [0.15, 0.2) is 34.1 Å². The largest absolute Gasteiger partial charge is 0.490 e. The van der Waals surface area contributed by atoms with Gasteiger partial charge < -0.3 is 14.6 Å². The van der Waals surface area contributed by atoms with E-state index in [2.05, 4.69) is 15.9 Å². The van der Waals surface area contributed by atoms with Gasteiger partial charge in [-0.25, -0.2) is 0 Å². The third-order valence-corrected chi connectivity index (χ3v) is 4.63. The molecular weight excluding hydrogens is 328 g/mol. The van der Waals surface area contributed by atoms with Gasteiger partial charge in [-0.05, 0) is 45.8 Å². The molecule has 0 spiro atoms. The summed E-state index contributed by atoms with van der Waals surface area (Å²) in [6.07, 6.45) is 0.248. The van der Waals surface area contributed by atoms with Gasteiger partial charge in [0.1, 0.15) is 6.10 Å². The number of rotatable bonds is 2. The molecule has 2 aromatic rings. The van der Waals surface area contributed by atoms with E-state index in [9.17, 15) is 5.11 Å². The van der Waals surface area contributed by atoms with Crippen LogP contribution in [0.2, 0.25) is 0 Å². The summed E-state index contributed by atoms with van der Waals surface area (Å²) >= 11 is 4.93. The van der Waals surface area contributed by atoms with E-state index in [1.165, 1.54) is 11.3 Å². The summed E-state index contributed by atoms with van der Waals surface area (Å²) in [5.74, 6) is 1.46. The summed E-state index contributed by atoms with van der Waals surface area (Å²) in [6.45, 7) is 1.32. The van der Waals surface area contributed by atoms with Crippen molar-refractivity contribution in [1.29, 1.82) is 0 Å². The lowest BCUT2D eigenvalue weighted by Crippen LogP contribution is -1.99. The van der Waals surface area contributed by atoms with Gasteiger partial charge >= 0.3 is 0 Å². The minimum Gasteiger partial charge on any atom is -0.490 e. The third kappa shape index (κ3) is 2.78. The van der Waals surface area contributed by atoms with E-state index in [1.807, 2.05) is 30.3 Å². The molecule has 1 N–H and O–H groups in total. The first kappa shape index (κ1) is 13.0. The summed E-state index contributed by atoms with van der Waals surface area (Å²) in [5.41, 5.74) is 0.818. The SMILES string of the molecule is OC(c1ccc2c(c1)OCCCO2)c1ccc(Br)s1. The van der Waals surface area contributed by atoms with Crippen LogP contribution < -0.4 is 9.47 Å². The second-order valence-electron chi connectivity index (χ2n) is 4.30. The summed E-state index contributed by atoms with van der Waals surface area (Å²) in [7, 11) is 0. The standard InChI is InChI=1S/C14H13BrO3S/c15-13-5-4-12(19-13)14(16)9-2-3-10-11(8-9)18-7-1-6-17-10/h2-5,8,14,16H,1,6-7H2. The van der Waals surface area contributed by atoms with E-state index >= 15 is 0 Å². The number of halogens is 1. The van der Waals surface area contributed by atoms with E-state index in [0.29, 0.717) is 19.0 Å². The molecule has 0 saturated carbocycles. The van der Waals surface area contributed by atoms with E-state index in [1.54, 1.807) is 0 Å². The number of fused-ring (bicyclic) bond motifs is 1. The minimum atomic E-state index is -0.631. The van der Waals surface area contributed by atoms with Gasteiger partial charge in [0, 0.05) is 11.3 Å². The van der Waals surface area contributed by atoms with Crippen molar-refractivity contribution in [3.05, 3.63) is 44.6 Å². The van der Waals surface area contributed by atoms with E-state index < -0.39 is 6.10 Å². The van der Waals surface area contributed by atoms with Crippen molar-refractivity contribution in [3.63, 3.8) is 0 Å². The molecule has 19 heavy (non-hydrogen) atoms. The molecule has 0 aliphatic carbocycles. The Hall–Kier alpha value is -1.04. The normalized spacial score (nSPS) is 15.9. The van der Waals surface area contributed by atoms with Crippen LogP contribution in [0.25, 0.3) is 0 Å². The van der Waals surface area contributed by atoms with Crippen molar-refractivity contribution in [1.82, 2.24) is 0 Å². The van der Waals surface area contributed by atoms with Crippen molar-refractivity contribution < 1.29 is 14.6 Å². The second kappa shape index (κ2) is 5.53. The maximum atomic E-state index is 10.4. The van der Waals surface area contributed by atoms with E-state index in [0.717, 1.165) is 26.4 Å². The predicted molar refractivity (Wildman–Crippen MR) is 78.1 cm³/mol. The molecule has 1 aromatic carbocycles. The van der Waals surface area contributed by atoms with Crippen molar-refractivity contribution in [2.45, 2.75) is 12.5 Å². The Morgan fingerprint density at radius 2 is 1.89 bits per heavy atom. The molecule has 100 valence electrons. The third-order valence-electron chi connectivity index (χ3n) is 2.95. The average Bonchev–Trinajstić information content (AvgIpc) is 2.72. The molecule has 3 nitrogen and oxygen atoms in total. The quantitative estimate of drug-likeness (QED) is 0.904. The molecule has 1 atom stereocenters. The fraction of sp³-hybridized carbons (Fsp3) is 0.286. The maximum absolute atomic E-state index is 10.4. The van der Waals surface area contributed by atoms with Crippen LogP contribution in [0, 0.1) is 0 Å². The predicted octanol–water partition coefficient (Wildman–Crippen LogP) is 3.75. The van der Waals surface area contributed by atoms with E-state index in [-0.39, 0.29) is 0 Å². The molecule has 2 heterocycles. The Balaban J connectivity index is 1.91. The lowest BCUT2D eigenvalue weighted by atomic mass is 10.1. The van der Waals surface area contributed by atoms with Crippen LogP contribution in [0.4, 0.5) is 0 Å². The Labute approximate surface area is 123 Å². The number of benzene rings is 1. The smallest absolute Gasteiger partial charge is 0.161 e. The number of hydrogen-bond donors (Lipinski definition) is 1. The summed E-state index contributed by atoms with van der Waals surface area (Å²) in [6, 6.07) is 9.46. The molecule has 1 aliphatic heterocycles. The van der Waals surface area contributed by atoms with Crippen LogP contribution in [-0.2, 0) is 0 Å². The first-order valence-electron chi connectivity index (χ1n) is 6.07. The highest BCUT2D eigenvalue weighted by Crippen LogP contribution is 2.36. The minimum absolute atomic E-state index is 0.631. The van der Waals surface area contributed by atoms with Crippen LogP contribution in [0.3, 0.4) is 0 Å². The fourth-order valence-corrected chi connectivity index (χ4v) is 3.43. The molecule has 0 fully saturated rings. The molecule has 5 heteroatoms. The van der Waals surface area contributed by atoms with Crippen molar-refractivity contribution in [3.8, 4) is 11.5 Å². The zero-order chi connectivity index (χ0) is 13.2. The number of aliphatic hydroxyl groups is 1. The van der Waals surface area contributed by atoms with Crippen LogP contribution in [0.5, 0.6) is 11.5 Å². The fourth-order valence-electron chi connectivity index (χ4n) is 1.99. The first-order chi connectivity index (χ1) is 9.24. The molecular formula is C14H13BrO3S. The molecule has 0 amide bonds. The number of hydrogen-bond acceptors (Lipinski definition) is 4. The number of aliphatic hydroxyl groups excluding tert-OH is 1. The molecule has 0 bridgehead atoms. The number of ether oxygens (including phenoxy) is 2. The van der Waals surface area contributed by atoms with Gasteiger partial charge in [0.05, 0.1) is 17.0 Å². The van der Waals surface area contributed by atoms with Crippen LogP contribution >= 0.6 is 27.3 Å². The topological polar surface area (TPSA) is 38.7 Å². The van der Waals surface area contributed by atoms with Gasteiger partial charge in [0.2, 0.25) is 0 Å². The van der Waals surface area contributed by atoms with Gasteiger partial charge in [-0.15, -0.1) is 11.3 Å². The monoisotopic (exact) mass is 340 g/mol. The van der Waals surface area contributed by atoms with Gasteiger partial charge in [-0.3, -0.25) is 0 Å². The molecule has 1 aliphatic rings. The van der Waals surface area contributed by atoms with Gasteiger partial charge in [-0.2, -0.15) is 0 Å². The number of thiophene rings is 1. The van der Waals surface area contributed by atoms with Crippen molar-refractivity contribution in [2.24, 2.45) is 0 Å². The molecule has 3 rings (SSSR count). The zero-order valence-corrected chi connectivity index (χ0v) is 12.5. The lowest BCUT2D eigenvalue weighted by Gasteiger charge is -2.12. The Morgan fingerprint density at radius 3 is 2.63 bits per heavy atom. The molecule has 1 unspecified atom stereocenters. The van der Waals surface area contributed by atoms with Crippen LogP contribution in [0.1, 0.15) is 23.0 Å². The highest BCUT2D eigenvalue weighted by molar-refractivity contribution is 9.11. The molecule has 0 radical (unpaired) electrons. The highest BCUT2D eigenvalue weighted by Gasteiger charge is 2.17. The summed E-state index contributed by atoms with van der Waals surface area (Å²) in [5, 5.41) is 10.4. The Morgan fingerprint density at radius 1 is 1.11 bits per heavy atom. The highest BCUT2D eigenvalue weighted by atomic mass is 79.9. The average molecular weight is 341 g/mol. The van der Waals surface area contributed by atoms with Gasteiger partial charge in [-0.1, -0.05) is 6.07 Å². The summed E-state index contributed by atoms with van der Waals surface area (Å²) < 4.78 is 12.2. The second-order valence-corrected chi connectivity index (χ2v) is 6.80. The lowest BCUT2D eigenvalue weighted by molar-refractivity contribution is 0.223. The Kier molecular flexibility index (Phi) is 3.77. The molecule has 0 saturated heterocycles. The molecule has 1 aromatic heterocycles. The Bertz CT molecular complexity index is 582. The summed E-state index contributed by atoms with van der Waals surface area (Å²) in [4.78, 5) is 0.904. The zero-order valence-electron chi connectivity index (χ0n) is 10.1. The van der Waals surface area contributed by atoms with Gasteiger partial charge in [0.25, 0.3) is 0 Å². The van der Waals surface area contributed by atoms with Crippen molar-refractivity contribution >= 4 is 27.3 Å². The van der Waals surface area contributed by atoms with Crippen molar-refractivity contribution in [2.75, 3.05) is 13.2 Å². The first-order valence-corrected chi connectivity index (χ1v) is 7.68.